The van der Waals surface area contributed by atoms with Crippen LogP contribution in [0.4, 0.5) is 4.79 Å². The lowest BCUT2D eigenvalue weighted by atomic mass is 10.2. The number of methoxy groups -OCH3 is 1. The Hall–Kier alpha value is -2.31. The lowest BCUT2D eigenvalue weighted by Crippen LogP contribution is -2.40. The van der Waals surface area contributed by atoms with Crippen LogP contribution in [0, 0.1) is 0 Å². The highest BCUT2D eigenvalue weighted by Crippen LogP contribution is 2.06. The topological polar surface area (TPSA) is 101 Å². The lowest BCUT2D eigenvalue weighted by Gasteiger charge is -2.13. The summed E-state index contributed by atoms with van der Waals surface area (Å²) in [6, 6.07) is 2.99. The van der Waals surface area contributed by atoms with Crippen molar-refractivity contribution in [3.63, 3.8) is 0 Å². The second-order valence-corrected chi connectivity index (χ2v) is 4.37. The van der Waals surface area contributed by atoms with E-state index in [4.69, 9.17) is 9.84 Å². The highest BCUT2D eigenvalue weighted by molar-refractivity contribution is 5.74. The van der Waals surface area contributed by atoms with Gasteiger partial charge in [0.2, 0.25) is 5.88 Å². The molecule has 7 nitrogen and oxygen atoms in total. The number of carbonyl (C=O) groups is 2. The number of nitrogens with one attached hydrogen (secondary N) is 2. The number of ether oxygens (including phenoxy) is 1. The minimum Gasteiger partial charge on any atom is -0.481 e. The van der Waals surface area contributed by atoms with Crippen LogP contribution in [0.15, 0.2) is 18.3 Å². The fourth-order valence-corrected chi connectivity index (χ4v) is 1.51. The van der Waals surface area contributed by atoms with E-state index in [-0.39, 0.29) is 18.5 Å². The first-order chi connectivity index (χ1) is 9.51. The van der Waals surface area contributed by atoms with Crippen molar-refractivity contribution in [2.45, 2.75) is 32.4 Å². The van der Waals surface area contributed by atoms with Crippen LogP contribution in [0.5, 0.6) is 5.88 Å². The van der Waals surface area contributed by atoms with E-state index in [2.05, 4.69) is 15.6 Å². The van der Waals surface area contributed by atoms with Crippen LogP contribution in [0.25, 0.3) is 0 Å². The summed E-state index contributed by atoms with van der Waals surface area (Å²) in [5.74, 6) is -0.358. The molecule has 0 aromatic carbocycles. The maximum atomic E-state index is 11.6. The first-order valence-corrected chi connectivity index (χ1v) is 6.26. The van der Waals surface area contributed by atoms with Crippen molar-refractivity contribution in [1.82, 2.24) is 15.6 Å². The molecule has 3 N–H and O–H groups in total. The predicted octanol–water partition coefficient (Wildman–Crippen LogP) is 1.14. The molecule has 2 amide bonds. The number of hydrogen-bond donors (Lipinski definition) is 3. The highest BCUT2D eigenvalue weighted by Gasteiger charge is 2.08. The monoisotopic (exact) mass is 281 g/mol. The van der Waals surface area contributed by atoms with Gasteiger partial charge in [-0.3, -0.25) is 4.79 Å². The molecular weight excluding hydrogens is 262 g/mol. The Morgan fingerprint density at radius 3 is 2.75 bits per heavy atom. The zero-order valence-electron chi connectivity index (χ0n) is 11.5. The van der Waals surface area contributed by atoms with Crippen LogP contribution >= 0.6 is 0 Å². The second kappa shape index (κ2) is 7.98. The maximum absolute atomic E-state index is 11.6. The number of carbonyl (C=O) groups excluding carboxylic acids is 1. The molecule has 0 aliphatic carbocycles. The van der Waals surface area contributed by atoms with E-state index in [1.54, 1.807) is 25.3 Å². The number of rotatable bonds is 7. The molecule has 1 atom stereocenters. The molecule has 110 valence electrons. The van der Waals surface area contributed by atoms with Gasteiger partial charge in [0.25, 0.3) is 0 Å². The van der Waals surface area contributed by atoms with Gasteiger partial charge in [0.15, 0.2) is 0 Å². The van der Waals surface area contributed by atoms with Crippen LogP contribution in [-0.4, -0.2) is 35.2 Å². The van der Waals surface area contributed by atoms with Crippen molar-refractivity contribution in [2.75, 3.05) is 7.11 Å². The van der Waals surface area contributed by atoms with Crippen LogP contribution in [0.1, 0.15) is 25.3 Å². The molecule has 0 radical (unpaired) electrons. The van der Waals surface area contributed by atoms with E-state index in [1.165, 1.54) is 7.11 Å². The number of pyridine rings is 1. The van der Waals surface area contributed by atoms with Gasteiger partial charge in [0.1, 0.15) is 0 Å². The molecule has 0 fully saturated rings. The maximum Gasteiger partial charge on any atom is 0.315 e. The average molecular weight is 281 g/mol. The zero-order valence-corrected chi connectivity index (χ0v) is 11.5. The quantitative estimate of drug-likeness (QED) is 0.696. The Morgan fingerprint density at radius 2 is 2.20 bits per heavy atom. The third-order valence-electron chi connectivity index (χ3n) is 2.63. The molecule has 1 unspecified atom stereocenters. The van der Waals surface area contributed by atoms with E-state index >= 15 is 0 Å². The van der Waals surface area contributed by atoms with Gasteiger partial charge < -0.3 is 20.5 Å². The molecule has 20 heavy (non-hydrogen) atoms. The zero-order chi connectivity index (χ0) is 15.0. The Balaban J connectivity index is 2.29. The summed E-state index contributed by atoms with van der Waals surface area (Å²) in [6.45, 7) is 2.10. The second-order valence-electron chi connectivity index (χ2n) is 4.37. The molecule has 1 rings (SSSR count). The third kappa shape index (κ3) is 6.03. The van der Waals surface area contributed by atoms with Gasteiger partial charge in [-0.15, -0.1) is 0 Å². The molecule has 7 heteroatoms. The fourth-order valence-electron chi connectivity index (χ4n) is 1.51. The smallest absolute Gasteiger partial charge is 0.315 e. The van der Waals surface area contributed by atoms with Crippen molar-refractivity contribution in [2.24, 2.45) is 0 Å². The van der Waals surface area contributed by atoms with Gasteiger partial charge in [-0.25, -0.2) is 9.78 Å². The standard InChI is InChI=1S/C13H19N3O4/c1-9(3-6-12(17)18)16-13(19)15-8-10-4-5-11(20-2)14-7-10/h4-5,7,9H,3,6,8H2,1-2H3,(H,17,18)(H2,15,16,19). The number of hydrogen-bond acceptors (Lipinski definition) is 4. The summed E-state index contributed by atoms with van der Waals surface area (Å²) in [5, 5.41) is 13.9. The number of carboxylic acid groups (broad SMARTS) is 1. The summed E-state index contributed by atoms with van der Waals surface area (Å²) in [7, 11) is 1.53. The van der Waals surface area contributed by atoms with E-state index in [1.807, 2.05) is 0 Å². The Labute approximate surface area is 117 Å². The molecule has 0 bridgehead atoms. The first-order valence-electron chi connectivity index (χ1n) is 6.26. The molecule has 0 aliphatic heterocycles. The summed E-state index contributed by atoms with van der Waals surface area (Å²) in [5.41, 5.74) is 0.846. The minimum atomic E-state index is -0.872. The van der Waals surface area contributed by atoms with Gasteiger partial charge in [0, 0.05) is 31.3 Å². The van der Waals surface area contributed by atoms with Crippen LogP contribution < -0.4 is 15.4 Å². The molecule has 1 heterocycles. The first kappa shape index (κ1) is 15.7. The van der Waals surface area contributed by atoms with Gasteiger partial charge >= 0.3 is 12.0 Å². The average Bonchev–Trinajstić information content (AvgIpc) is 2.43. The summed E-state index contributed by atoms with van der Waals surface area (Å²) < 4.78 is 4.93. The van der Waals surface area contributed by atoms with Crippen molar-refractivity contribution in [1.29, 1.82) is 0 Å². The Morgan fingerprint density at radius 1 is 1.45 bits per heavy atom. The van der Waals surface area contributed by atoms with E-state index in [0.717, 1.165) is 5.56 Å². The van der Waals surface area contributed by atoms with Gasteiger partial charge in [-0.1, -0.05) is 6.07 Å². The Bertz CT molecular complexity index is 447. The fraction of sp³-hybridized carbons (Fsp3) is 0.462. The van der Waals surface area contributed by atoms with Crippen molar-refractivity contribution >= 4 is 12.0 Å². The van der Waals surface area contributed by atoms with Gasteiger partial charge in [0.05, 0.1) is 7.11 Å². The van der Waals surface area contributed by atoms with E-state index < -0.39 is 5.97 Å². The Kier molecular flexibility index (Phi) is 6.28. The van der Waals surface area contributed by atoms with Gasteiger partial charge in [-0.2, -0.15) is 0 Å². The van der Waals surface area contributed by atoms with E-state index in [9.17, 15) is 9.59 Å². The number of amides is 2. The van der Waals surface area contributed by atoms with Crippen molar-refractivity contribution < 1.29 is 19.4 Å². The third-order valence-corrected chi connectivity index (χ3v) is 2.63. The van der Waals surface area contributed by atoms with E-state index in [0.29, 0.717) is 18.8 Å². The largest absolute Gasteiger partial charge is 0.481 e. The summed E-state index contributed by atoms with van der Waals surface area (Å²) >= 11 is 0. The molecular formula is C13H19N3O4. The molecule has 1 aromatic rings. The molecule has 0 aliphatic rings. The lowest BCUT2D eigenvalue weighted by molar-refractivity contribution is -0.137. The number of nitrogens with zero attached hydrogens (tertiary/aromatic N) is 1. The highest BCUT2D eigenvalue weighted by atomic mass is 16.5. The normalized spacial score (nSPS) is 11.5. The molecule has 0 saturated heterocycles. The van der Waals surface area contributed by atoms with Crippen LogP contribution in [0.2, 0.25) is 0 Å². The summed E-state index contributed by atoms with van der Waals surface area (Å²) in [6.07, 6.45) is 2.05. The van der Waals surface area contributed by atoms with Crippen LogP contribution in [0.3, 0.4) is 0 Å². The predicted molar refractivity (Wildman–Crippen MR) is 72.5 cm³/mol. The van der Waals surface area contributed by atoms with Crippen molar-refractivity contribution in [3.8, 4) is 5.88 Å². The number of carboxylic acids is 1. The number of aromatic nitrogens is 1. The molecule has 0 spiro atoms. The summed E-state index contributed by atoms with van der Waals surface area (Å²) in [4.78, 5) is 26.0. The van der Waals surface area contributed by atoms with Crippen LogP contribution in [-0.2, 0) is 11.3 Å². The number of urea groups is 1. The van der Waals surface area contributed by atoms with Crippen molar-refractivity contribution in [3.05, 3.63) is 23.9 Å². The van der Waals surface area contributed by atoms with Gasteiger partial charge in [-0.05, 0) is 18.9 Å². The minimum absolute atomic E-state index is 0.0316. The molecule has 1 aromatic heterocycles. The SMILES string of the molecule is COc1ccc(CNC(=O)NC(C)CCC(=O)O)cn1. The molecule has 0 saturated carbocycles. The number of aliphatic carboxylic acids is 1.